The highest BCUT2D eigenvalue weighted by Crippen LogP contribution is 2.25. The summed E-state index contributed by atoms with van der Waals surface area (Å²) in [5.74, 6) is 0.146. The van der Waals surface area contributed by atoms with E-state index in [0.29, 0.717) is 18.8 Å². The number of hydrogen-bond acceptors (Lipinski definition) is 3. The lowest BCUT2D eigenvalue weighted by Gasteiger charge is -2.12. The lowest BCUT2D eigenvalue weighted by Crippen LogP contribution is -2.12. The normalized spacial score (nSPS) is 10.6. The standard InChI is InChI=1S/C12H13F2N3O/c13-12(14)18-11-5-2-1-4-10(11)15-7-9-17-8-3-6-16-17/h1-6,8,12,15H,7,9H2. The maximum absolute atomic E-state index is 12.2. The second kappa shape index (κ2) is 6.00. The summed E-state index contributed by atoms with van der Waals surface area (Å²) < 4.78 is 30.5. The Morgan fingerprint density at radius 1 is 1.28 bits per heavy atom. The number of nitrogens with zero attached hydrogens (tertiary/aromatic N) is 2. The monoisotopic (exact) mass is 253 g/mol. The van der Waals surface area contributed by atoms with Crippen LogP contribution in [0.1, 0.15) is 0 Å². The summed E-state index contributed by atoms with van der Waals surface area (Å²) >= 11 is 0. The lowest BCUT2D eigenvalue weighted by molar-refractivity contribution is -0.0493. The van der Waals surface area contributed by atoms with Crippen LogP contribution in [0.3, 0.4) is 0 Å². The van der Waals surface area contributed by atoms with E-state index in [1.807, 2.05) is 12.3 Å². The van der Waals surface area contributed by atoms with E-state index in [1.165, 1.54) is 6.07 Å². The van der Waals surface area contributed by atoms with Crippen molar-refractivity contribution in [3.63, 3.8) is 0 Å². The zero-order valence-corrected chi connectivity index (χ0v) is 9.59. The molecule has 0 atom stereocenters. The van der Waals surface area contributed by atoms with E-state index >= 15 is 0 Å². The third-order valence-electron chi connectivity index (χ3n) is 2.32. The molecule has 0 bridgehead atoms. The van der Waals surface area contributed by atoms with Gasteiger partial charge in [-0.3, -0.25) is 4.68 Å². The largest absolute Gasteiger partial charge is 0.433 e. The quantitative estimate of drug-likeness (QED) is 0.860. The summed E-state index contributed by atoms with van der Waals surface area (Å²) in [4.78, 5) is 0. The van der Waals surface area contributed by atoms with Crippen LogP contribution in [-0.4, -0.2) is 22.9 Å². The van der Waals surface area contributed by atoms with Crippen LogP contribution in [0.4, 0.5) is 14.5 Å². The molecule has 0 fully saturated rings. The van der Waals surface area contributed by atoms with E-state index in [0.717, 1.165) is 0 Å². The van der Waals surface area contributed by atoms with Crippen LogP contribution in [-0.2, 0) is 6.54 Å². The Morgan fingerprint density at radius 2 is 2.11 bits per heavy atom. The predicted molar refractivity (Wildman–Crippen MR) is 63.8 cm³/mol. The van der Waals surface area contributed by atoms with Gasteiger partial charge in [-0.1, -0.05) is 12.1 Å². The molecular weight excluding hydrogens is 240 g/mol. The smallest absolute Gasteiger partial charge is 0.387 e. The van der Waals surface area contributed by atoms with Gasteiger partial charge in [-0.15, -0.1) is 0 Å². The Bertz CT molecular complexity index is 474. The summed E-state index contributed by atoms with van der Waals surface area (Å²) in [7, 11) is 0. The molecule has 0 radical (unpaired) electrons. The van der Waals surface area contributed by atoms with Crippen molar-refractivity contribution in [2.75, 3.05) is 11.9 Å². The van der Waals surface area contributed by atoms with Crippen LogP contribution in [0.5, 0.6) is 5.75 Å². The zero-order valence-electron chi connectivity index (χ0n) is 9.59. The van der Waals surface area contributed by atoms with Crippen molar-refractivity contribution >= 4 is 5.69 Å². The minimum absolute atomic E-state index is 0.146. The van der Waals surface area contributed by atoms with E-state index in [4.69, 9.17) is 0 Å². The van der Waals surface area contributed by atoms with Gasteiger partial charge in [0.25, 0.3) is 0 Å². The maximum atomic E-state index is 12.2. The Morgan fingerprint density at radius 3 is 2.83 bits per heavy atom. The number of halogens is 2. The Hall–Kier alpha value is -2.11. The molecular formula is C12H13F2N3O. The molecule has 1 aromatic heterocycles. The van der Waals surface area contributed by atoms with Gasteiger partial charge in [0.1, 0.15) is 5.75 Å². The summed E-state index contributed by atoms with van der Waals surface area (Å²) in [5.41, 5.74) is 0.546. The molecule has 6 heteroatoms. The van der Waals surface area contributed by atoms with Gasteiger partial charge in [0.2, 0.25) is 0 Å². The highest BCUT2D eigenvalue weighted by molar-refractivity contribution is 5.56. The minimum Gasteiger partial charge on any atom is -0.433 e. The number of anilines is 1. The molecule has 2 aromatic rings. The van der Waals surface area contributed by atoms with Gasteiger partial charge in [0.15, 0.2) is 0 Å². The van der Waals surface area contributed by atoms with Crippen molar-refractivity contribution in [2.45, 2.75) is 13.2 Å². The highest BCUT2D eigenvalue weighted by atomic mass is 19.3. The van der Waals surface area contributed by atoms with Crippen LogP contribution in [0.15, 0.2) is 42.7 Å². The molecule has 18 heavy (non-hydrogen) atoms. The summed E-state index contributed by atoms with van der Waals surface area (Å²) in [6.07, 6.45) is 3.52. The van der Waals surface area contributed by atoms with E-state index < -0.39 is 6.61 Å². The van der Waals surface area contributed by atoms with E-state index in [1.54, 1.807) is 29.1 Å². The molecule has 0 amide bonds. The first kappa shape index (κ1) is 12.3. The number of para-hydroxylation sites is 2. The van der Waals surface area contributed by atoms with Crippen LogP contribution in [0.25, 0.3) is 0 Å². The molecule has 2 rings (SSSR count). The van der Waals surface area contributed by atoms with Gasteiger partial charge in [0, 0.05) is 18.9 Å². The summed E-state index contributed by atoms with van der Waals surface area (Å²) in [6, 6.07) is 8.43. The molecule has 1 heterocycles. The predicted octanol–water partition coefficient (Wildman–Crippen LogP) is 2.60. The molecule has 0 aliphatic rings. The average Bonchev–Trinajstić information content (AvgIpc) is 2.84. The third-order valence-corrected chi connectivity index (χ3v) is 2.32. The second-order valence-corrected chi connectivity index (χ2v) is 3.57. The van der Waals surface area contributed by atoms with E-state index in [9.17, 15) is 8.78 Å². The SMILES string of the molecule is FC(F)Oc1ccccc1NCCn1cccn1. The fraction of sp³-hybridized carbons (Fsp3) is 0.250. The summed E-state index contributed by atoms with van der Waals surface area (Å²) in [5, 5.41) is 7.08. The van der Waals surface area contributed by atoms with E-state index in [2.05, 4.69) is 15.2 Å². The Labute approximate surface area is 103 Å². The molecule has 0 saturated carbocycles. The third kappa shape index (κ3) is 3.44. The number of alkyl halides is 2. The molecule has 0 aliphatic heterocycles. The number of aromatic nitrogens is 2. The van der Waals surface area contributed by atoms with Gasteiger partial charge in [-0.25, -0.2) is 0 Å². The molecule has 1 aromatic carbocycles. The van der Waals surface area contributed by atoms with Gasteiger partial charge in [-0.2, -0.15) is 13.9 Å². The second-order valence-electron chi connectivity index (χ2n) is 3.57. The highest BCUT2D eigenvalue weighted by Gasteiger charge is 2.08. The van der Waals surface area contributed by atoms with Crippen molar-refractivity contribution in [1.82, 2.24) is 9.78 Å². The number of nitrogens with one attached hydrogen (secondary N) is 1. The van der Waals surface area contributed by atoms with Gasteiger partial charge in [-0.05, 0) is 18.2 Å². The number of rotatable bonds is 6. The number of ether oxygens (including phenoxy) is 1. The van der Waals surface area contributed by atoms with Crippen molar-refractivity contribution < 1.29 is 13.5 Å². The summed E-state index contributed by atoms with van der Waals surface area (Å²) in [6.45, 7) is -1.60. The molecule has 0 aliphatic carbocycles. The van der Waals surface area contributed by atoms with Gasteiger partial charge < -0.3 is 10.1 Å². The first-order valence-electron chi connectivity index (χ1n) is 5.51. The van der Waals surface area contributed by atoms with Gasteiger partial charge in [0.05, 0.1) is 12.2 Å². The minimum atomic E-state index is -2.82. The first-order chi connectivity index (χ1) is 8.75. The molecule has 0 unspecified atom stereocenters. The van der Waals surface area contributed by atoms with Crippen LogP contribution >= 0.6 is 0 Å². The topological polar surface area (TPSA) is 39.1 Å². The first-order valence-corrected chi connectivity index (χ1v) is 5.51. The lowest BCUT2D eigenvalue weighted by atomic mass is 10.3. The van der Waals surface area contributed by atoms with Crippen LogP contribution in [0.2, 0.25) is 0 Å². The fourth-order valence-corrected chi connectivity index (χ4v) is 1.55. The Balaban J connectivity index is 1.92. The molecule has 0 saturated heterocycles. The zero-order chi connectivity index (χ0) is 12.8. The maximum Gasteiger partial charge on any atom is 0.387 e. The van der Waals surface area contributed by atoms with Crippen LogP contribution in [0, 0.1) is 0 Å². The van der Waals surface area contributed by atoms with Crippen molar-refractivity contribution in [3.05, 3.63) is 42.7 Å². The molecule has 1 N–H and O–H groups in total. The average molecular weight is 253 g/mol. The molecule has 0 spiro atoms. The van der Waals surface area contributed by atoms with E-state index in [-0.39, 0.29) is 5.75 Å². The molecule has 4 nitrogen and oxygen atoms in total. The van der Waals surface area contributed by atoms with Crippen molar-refractivity contribution in [1.29, 1.82) is 0 Å². The van der Waals surface area contributed by atoms with Crippen molar-refractivity contribution in [2.24, 2.45) is 0 Å². The number of benzene rings is 1. The molecule has 96 valence electrons. The van der Waals surface area contributed by atoms with Gasteiger partial charge >= 0.3 is 6.61 Å². The fourth-order valence-electron chi connectivity index (χ4n) is 1.55. The Kier molecular flexibility index (Phi) is 4.11. The number of hydrogen-bond donors (Lipinski definition) is 1. The van der Waals surface area contributed by atoms with Crippen molar-refractivity contribution in [3.8, 4) is 5.75 Å². The van der Waals surface area contributed by atoms with Crippen LogP contribution < -0.4 is 10.1 Å².